The Kier molecular flexibility index (Phi) is 7.70. The van der Waals surface area contributed by atoms with Crippen molar-refractivity contribution < 1.29 is 19.1 Å². The van der Waals surface area contributed by atoms with Crippen LogP contribution in [0.15, 0.2) is 72.8 Å². The number of benzene rings is 3. The van der Waals surface area contributed by atoms with E-state index in [0.717, 1.165) is 5.56 Å². The van der Waals surface area contributed by atoms with Gasteiger partial charge >= 0.3 is 6.03 Å². The topological polar surface area (TPSA) is 88.7 Å². The zero-order chi connectivity index (χ0) is 22.9. The van der Waals surface area contributed by atoms with Gasteiger partial charge in [0, 0.05) is 16.9 Å². The van der Waals surface area contributed by atoms with E-state index >= 15 is 0 Å². The van der Waals surface area contributed by atoms with E-state index in [9.17, 15) is 9.59 Å². The molecule has 3 aromatic carbocycles. The Labute approximate surface area is 187 Å². The zero-order valence-corrected chi connectivity index (χ0v) is 18.3. The average molecular weight is 434 g/mol. The van der Waals surface area contributed by atoms with Crippen LogP contribution >= 0.6 is 0 Å². The molecule has 3 N–H and O–H groups in total. The molecule has 1 unspecified atom stereocenters. The average Bonchev–Trinajstić information content (AvgIpc) is 2.80. The third kappa shape index (κ3) is 6.01. The van der Waals surface area contributed by atoms with Crippen molar-refractivity contribution in [3.63, 3.8) is 0 Å². The van der Waals surface area contributed by atoms with Gasteiger partial charge in [0.2, 0.25) is 0 Å². The maximum atomic E-state index is 12.7. The molecular formula is C25H27N3O4. The summed E-state index contributed by atoms with van der Waals surface area (Å²) in [6, 6.07) is 21.1. The van der Waals surface area contributed by atoms with Crippen LogP contribution in [0.25, 0.3) is 0 Å². The number of carbonyl (C=O) groups is 2. The molecule has 7 nitrogen and oxygen atoms in total. The van der Waals surface area contributed by atoms with Crippen molar-refractivity contribution in [1.29, 1.82) is 0 Å². The Balaban J connectivity index is 1.59. The maximum Gasteiger partial charge on any atom is 0.323 e. The number of rotatable bonds is 8. The fourth-order valence-electron chi connectivity index (χ4n) is 3.12. The molecule has 0 bridgehead atoms. The lowest BCUT2D eigenvalue weighted by atomic mass is 10.1. The van der Waals surface area contributed by atoms with E-state index in [0.29, 0.717) is 35.0 Å². The van der Waals surface area contributed by atoms with Gasteiger partial charge in [-0.25, -0.2) is 4.79 Å². The van der Waals surface area contributed by atoms with E-state index in [2.05, 4.69) is 16.0 Å². The summed E-state index contributed by atoms with van der Waals surface area (Å²) in [6.07, 6.45) is 0. The summed E-state index contributed by atoms with van der Waals surface area (Å²) < 4.78 is 10.8. The number of para-hydroxylation sites is 1. The number of ether oxygens (including phenoxy) is 2. The standard InChI is InChI=1S/C25H27N3O4/c1-4-32-23-16-19(12-15-22(23)31-3)24(29)26-17(2)18-10-13-21(14-11-18)28-25(30)27-20-8-6-5-7-9-20/h5-17H,4H2,1-3H3,(H,26,29)(H2,27,28,30). The van der Waals surface area contributed by atoms with Crippen molar-refractivity contribution >= 4 is 23.3 Å². The molecule has 166 valence electrons. The second-order valence-corrected chi connectivity index (χ2v) is 7.06. The van der Waals surface area contributed by atoms with E-state index in [4.69, 9.17) is 9.47 Å². The monoisotopic (exact) mass is 433 g/mol. The minimum Gasteiger partial charge on any atom is -0.493 e. The van der Waals surface area contributed by atoms with Crippen LogP contribution in [0.1, 0.15) is 35.8 Å². The first-order chi connectivity index (χ1) is 15.5. The van der Waals surface area contributed by atoms with E-state index in [1.54, 1.807) is 37.4 Å². The molecule has 0 fully saturated rings. The van der Waals surface area contributed by atoms with E-state index < -0.39 is 0 Å². The summed E-state index contributed by atoms with van der Waals surface area (Å²) in [4.78, 5) is 24.8. The summed E-state index contributed by atoms with van der Waals surface area (Å²) in [7, 11) is 1.56. The summed E-state index contributed by atoms with van der Waals surface area (Å²) in [5, 5.41) is 8.53. The molecule has 0 saturated carbocycles. The molecule has 0 aromatic heterocycles. The largest absolute Gasteiger partial charge is 0.493 e. The predicted molar refractivity (Wildman–Crippen MR) is 126 cm³/mol. The molecule has 3 aromatic rings. The quantitative estimate of drug-likeness (QED) is 0.454. The van der Waals surface area contributed by atoms with Crippen molar-refractivity contribution in [1.82, 2.24) is 5.32 Å². The second kappa shape index (κ2) is 10.9. The van der Waals surface area contributed by atoms with Crippen molar-refractivity contribution in [3.05, 3.63) is 83.9 Å². The molecule has 7 heteroatoms. The molecule has 32 heavy (non-hydrogen) atoms. The highest BCUT2D eigenvalue weighted by atomic mass is 16.5. The van der Waals surface area contributed by atoms with Gasteiger partial charge in [0.25, 0.3) is 5.91 Å². The first-order valence-electron chi connectivity index (χ1n) is 10.3. The van der Waals surface area contributed by atoms with Crippen LogP contribution < -0.4 is 25.4 Å². The van der Waals surface area contributed by atoms with Gasteiger partial charge in [-0.05, 0) is 61.9 Å². The summed E-state index contributed by atoms with van der Waals surface area (Å²) in [5.74, 6) is 0.890. The van der Waals surface area contributed by atoms with Crippen LogP contribution in [0.2, 0.25) is 0 Å². The van der Waals surface area contributed by atoms with Crippen LogP contribution in [0.4, 0.5) is 16.2 Å². The minimum atomic E-state index is -0.324. The zero-order valence-electron chi connectivity index (χ0n) is 18.3. The van der Waals surface area contributed by atoms with E-state index in [1.807, 2.05) is 56.3 Å². The van der Waals surface area contributed by atoms with Crippen molar-refractivity contribution in [2.45, 2.75) is 19.9 Å². The highest BCUT2D eigenvalue weighted by molar-refractivity contribution is 5.99. The fourth-order valence-corrected chi connectivity index (χ4v) is 3.12. The number of hydrogen-bond acceptors (Lipinski definition) is 4. The van der Waals surface area contributed by atoms with Gasteiger partial charge in [0.1, 0.15) is 0 Å². The van der Waals surface area contributed by atoms with Crippen LogP contribution in [0.3, 0.4) is 0 Å². The van der Waals surface area contributed by atoms with Gasteiger partial charge < -0.3 is 25.4 Å². The SMILES string of the molecule is CCOc1cc(C(=O)NC(C)c2ccc(NC(=O)Nc3ccccc3)cc2)ccc1OC. The Morgan fingerprint density at radius 1 is 0.875 bits per heavy atom. The van der Waals surface area contributed by atoms with E-state index in [1.165, 1.54) is 0 Å². The normalized spacial score (nSPS) is 11.2. The molecule has 3 amide bonds. The van der Waals surface area contributed by atoms with Crippen LogP contribution in [0.5, 0.6) is 11.5 Å². The van der Waals surface area contributed by atoms with Gasteiger partial charge in [0.15, 0.2) is 11.5 Å². The van der Waals surface area contributed by atoms with Crippen molar-refractivity contribution in [2.75, 3.05) is 24.4 Å². The molecule has 0 aliphatic carbocycles. The van der Waals surface area contributed by atoms with Gasteiger partial charge in [-0.3, -0.25) is 4.79 Å². The minimum absolute atomic E-state index is 0.217. The molecule has 3 rings (SSSR count). The number of anilines is 2. The number of nitrogens with one attached hydrogen (secondary N) is 3. The highest BCUT2D eigenvalue weighted by Gasteiger charge is 2.14. The third-order valence-corrected chi connectivity index (χ3v) is 4.77. The summed E-state index contributed by atoms with van der Waals surface area (Å²) in [5.41, 5.74) is 2.75. The molecule has 0 saturated heterocycles. The Morgan fingerprint density at radius 3 is 2.16 bits per heavy atom. The summed E-state index contributed by atoms with van der Waals surface area (Å²) in [6.45, 7) is 4.25. The first kappa shape index (κ1) is 22.7. The molecule has 0 radical (unpaired) electrons. The molecule has 0 aliphatic rings. The predicted octanol–water partition coefficient (Wildman–Crippen LogP) is 5.23. The number of hydrogen-bond donors (Lipinski definition) is 3. The fraction of sp³-hybridized carbons (Fsp3) is 0.200. The number of carbonyl (C=O) groups excluding carboxylic acids is 2. The van der Waals surface area contributed by atoms with Crippen molar-refractivity contribution in [3.8, 4) is 11.5 Å². The lowest BCUT2D eigenvalue weighted by molar-refractivity contribution is 0.0939. The third-order valence-electron chi connectivity index (χ3n) is 4.77. The van der Waals surface area contributed by atoms with Gasteiger partial charge in [-0.2, -0.15) is 0 Å². The highest BCUT2D eigenvalue weighted by Crippen LogP contribution is 2.28. The van der Waals surface area contributed by atoms with Crippen molar-refractivity contribution in [2.24, 2.45) is 0 Å². The molecule has 1 atom stereocenters. The molecule has 0 aliphatic heterocycles. The lowest BCUT2D eigenvalue weighted by Crippen LogP contribution is -2.26. The van der Waals surface area contributed by atoms with Gasteiger partial charge in [0.05, 0.1) is 19.8 Å². The van der Waals surface area contributed by atoms with Gasteiger partial charge in [-0.1, -0.05) is 30.3 Å². The van der Waals surface area contributed by atoms with Crippen LogP contribution in [-0.4, -0.2) is 25.7 Å². The Hall–Kier alpha value is -4.00. The number of methoxy groups -OCH3 is 1. The first-order valence-corrected chi connectivity index (χ1v) is 10.3. The van der Waals surface area contributed by atoms with Crippen LogP contribution in [0, 0.1) is 0 Å². The molecule has 0 heterocycles. The maximum absolute atomic E-state index is 12.7. The smallest absolute Gasteiger partial charge is 0.323 e. The van der Waals surface area contributed by atoms with E-state index in [-0.39, 0.29) is 18.0 Å². The lowest BCUT2D eigenvalue weighted by Gasteiger charge is -2.16. The van der Waals surface area contributed by atoms with Gasteiger partial charge in [-0.15, -0.1) is 0 Å². The second-order valence-electron chi connectivity index (χ2n) is 7.06. The Bertz CT molecular complexity index is 1050. The molecule has 0 spiro atoms. The summed E-state index contributed by atoms with van der Waals surface area (Å²) >= 11 is 0. The molecular weight excluding hydrogens is 406 g/mol. The van der Waals surface area contributed by atoms with Crippen LogP contribution in [-0.2, 0) is 0 Å². The number of urea groups is 1. The Morgan fingerprint density at radius 2 is 1.53 bits per heavy atom. The number of amides is 3.